The molecule has 0 aromatic heterocycles. The fourth-order valence-electron chi connectivity index (χ4n) is 2.18. The molecule has 1 N–H and O–H groups in total. The SMILES string of the molecule is CC(C)(C)N1CCC[N+]2=C1NCC2. The number of nitrogens with one attached hydrogen (secondary N) is 1. The third-order valence-corrected chi connectivity index (χ3v) is 2.84. The second-order valence-electron chi connectivity index (χ2n) is 4.91. The fourth-order valence-corrected chi connectivity index (χ4v) is 2.18. The maximum Gasteiger partial charge on any atom is 0.348 e. The Balaban J connectivity index is 2.24. The summed E-state index contributed by atoms with van der Waals surface area (Å²) in [6, 6.07) is 0. The van der Waals surface area contributed by atoms with E-state index >= 15 is 0 Å². The van der Waals surface area contributed by atoms with Gasteiger partial charge in [-0.05, 0) is 20.8 Å². The van der Waals surface area contributed by atoms with E-state index in [2.05, 4.69) is 35.6 Å². The Morgan fingerprint density at radius 2 is 2.08 bits per heavy atom. The van der Waals surface area contributed by atoms with E-state index < -0.39 is 0 Å². The molecule has 2 aliphatic rings. The molecule has 74 valence electrons. The van der Waals surface area contributed by atoms with Crippen molar-refractivity contribution in [2.75, 3.05) is 26.2 Å². The van der Waals surface area contributed by atoms with Gasteiger partial charge in [0.15, 0.2) is 0 Å². The van der Waals surface area contributed by atoms with Crippen molar-refractivity contribution in [2.24, 2.45) is 0 Å². The van der Waals surface area contributed by atoms with Crippen LogP contribution in [0, 0.1) is 0 Å². The van der Waals surface area contributed by atoms with Crippen molar-refractivity contribution in [1.82, 2.24) is 10.2 Å². The number of rotatable bonds is 0. The highest BCUT2D eigenvalue weighted by Crippen LogP contribution is 2.17. The molecule has 0 radical (unpaired) electrons. The molecule has 0 aromatic rings. The zero-order valence-electron chi connectivity index (χ0n) is 8.93. The van der Waals surface area contributed by atoms with Gasteiger partial charge in [-0.25, -0.2) is 0 Å². The molecule has 3 heteroatoms. The first-order valence-corrected chi connectivity index (χ1v) is 5.22. The average molecular weight is 182 g/mol. The minimum Gasteiger partial charge on any atom is -0.275 e. The highest BCUT2D eigenvalue weighted by molar-refractivity contribution is 5.77. The molecule has 0 saturated carbocycles. The molecule has 2 heterocycles. The second kappa shape index (κ2) is 2.89. The quantitative estimate of drug-likeness (QED) is 0.549. The van der Waals surface area contributed by atoms with Gasteiger partial charge in [0, 0.05) is 6.42 Å². The molecule has 0 saturated heterocycles. The van der Waals surface area contributed by atoms with Gasteiger partial charge >= 0.3 is 5.96 Å². The molecule has 0 spiro atoms. The van der Waals surface area contributed by atoms with E-state index in [0.29, 0.717) is 0 Å². The monoisotopic (exact) mass is 182 g/mol. The summed E-state index contributed by atoms with van der Waals surface area (Å²) in [6.07, 6.45) is 1.29. The van der Waals surface area contributed by atoms with Crippen LogP contribution in [0.4, 0.5) is 0 Å². The van der Waals surface area contributed by atoms with Crippen LogP contribution in [0.25, 0.3) is 0 Å². The van der Waals surface area contributed by atoms with Crippen molar-refractivity contribution in [2.45, 2.75) is 32.7 Å². The van der Waals surface area contributed by atoms with Gasteiger partial charge in [0.1, 0.15) is 0 Å². The van der Waals surface area contributed by atoms with Gasteiger partial charge in [0.2, 0.25) is 0 Å². The summed E-state index contributed by atoms with van der Waals surface area (Å²) in [4.78, 5) is 2.49. The van der Waals surface area contributed by atoms with Crippen LogP contribution in [0.3, 0.4) is 0 Å². The summed E-state index contributed by atoms with van der Waals surface area (Å²) in [5, 5.41) is 3.48. The van der Waals surface area contributed by atoms with Crippen LogP contribution < -0.4 is 5.32 Å². The molecule has 13 heavy (non-hydrogen) atoms. The smallest absolute Gasteiger partial charge is 0.275 e. The summed E-state index contributed by atoms with van der Waals surface area (Å²) in [5.74, 6) is 1.36. The standard InChI is InChI=1S/C10H19N3/c1-10(2,3)13-7-4-6-12-8-5-11-9(12)13/h4-8H2,1-3H3/p+1. The van der Waals surface area contributed by atoms with Gasteiger partial charge in [0.25, 0.3) is 0 Å². The van der Waals surface area contributed by atoms with Crippen molar-refractivity contribution in [1.29, 1.82) is 0 Å². The molecule has 0 amide bonds. The van der Waals surface area contributed by atoms with Crippen LogP contribution in [0.15, 0.2) is 0 Å². The van der Waals surface area contributed by atoms with Crippen LogP contribution in [-0.4, -0.2) is 47.2 Å². The number of hydrogen-bond donors (Lipinski definition) is 1. The first-order chi connectivity index (χ1) is 6.09. The Hall–Kier alpha value is -0.730. The van der Waals surface area contributed by atoms with Crippen LogP contribution >= 0.6 is 0 Å². The van der Waals surface area contributed by atoms with E-state index in [4.69, 9.17) is 0 Å². The minimum atomic E-state index is 0.255. The highest BCUT2D eigenvalue weighted by Gasteiger charge is 2.37. The van der Waals surface area contributed by atoms with Crippen LogP contribution in [0.1, 0.15) is 27.2 Å². The third-order valence-electron chi connectivity index (χ3n) is 2.84. The lowest BCUT2D eigenvalue weighted by atomic mass is 10.1. The van der Waals surface area contributed by atoms with E-state index in [1.807, 2.05) is 0 Å². The van der Waals surface area contributed by atoms with Crippen molar-refractivity contribution >= 4 is 5.96 Å². The van der Waals surface area contributed by atoms with E-state index in [-0.39, 0.29) is 5.54 Å². The summed E-state index contributed by atoms with van der Waals surface area (Å²) in [6.45, 7) is 11.6. The Kier molecular flexibility index (Phi) is 1.97. The maximum atomic E-state index is 3.48. The third kappa shape index (κ3) is 1.52. The Morgan fingerprint density at radius 3 is 2.77 bits per heavy atom. The first kappa shape index (κ1) is 8.85. The zero-order valence-corrected chi connectivity index (χ0v) is 8.93. The molecule has 0 fully saturated rings. The summed E-state index contributed by atoms with van der Waals surface area (Å²) in [5.41, 5.74) is 0.255. The van der Waals surface area contributed by atoms with Crippen LogP contribution in [-0.2, 0) is 0 Å². The topological polar surface area (TPSA) is 18.3 Å². The normalized spacial score (nSPS) is 23.2. The maximum absolute atomic E-state index is 3.48. The number of hydrogen-bond acceptors (Lipinski definition) is 2. The van der Waals surface area contributed by atoms with E-state index in [9.17, 15) is 0 Å². The number of guanidine groups is 1. The van der Waals surface area contributed by atoms with E-state index in [0.717, 1.165) is 6.54 Å². The Bertz CT molecular complexity index is 237. The van der Waals surface area contributed by atoms with Gasteiger partial charge < -0.3 is 0 Å². The Morgan fingerprint density at radius 1 is 1.31 bits per heavy atom. The van der Waals surface area contributed by atoms with Crippen molar-refractivity contribution < 1.29 is 4.58 Å². The van der Waals surface area contributed by atoms with E-state index in [1.165, 1.54) is 32.0 Å². The average Bonchev–Trinajstić information content (AvgIpc) is 2.48. The molecule has 2 rings (SSSR count). The summed E-state index contributed by atoms with van der Waals surface area (Å²) >= 11 is 0. The predicted molar refractivity (Wildman–Crippen MR) is 54.1 cm³/mol. The number of nitrogens with zero attached hydrogens (tertiary/aromatic N) is 2. The van der Waals surface area contributed by atoms with Gasteiger partial charge in [-0.3, -0.25) is 14.8 Å². The highest BCUT2D eigenvalue weighted by atomic mass is 15.4. The van der Waals surface area contributed by atoms with E-state index in [1.54, 1.807) is 0 Å². The summed E-state index contributed by atoms with van der Waals surface area (Å²) in [7, 11) is 0. The molecule has 0 aliphatic carbocycles. The van der Waals surface area contributed by atoms with Crippen molar-refractivity contribution in [3.05, 3.63) is 0 Å². The second-order valence-corrected chi connectivity index (χ2v) is 4.91. The first-order valence-electron chi connectivity index (χ1n) is 5.22. The lowest BCUT2D eigenvalue weighted by molar-refractivity contribution is -0.529. The van der Waals surface area contributed by atoms with Crippen molar-refractivity contribution in [3.63, 3.8) is 0 Å². The van der Waals surface area contributed by atoms with Crippen LogP contribution in [0.2, 0.25) is 0 Å². The van der Waals surface area contributed by atoms with Gasteiger partial charge in [-0.1, -0.05) is 0 Å². The predicted octanol–water partition coefficient (Wildman–Crippen LogP) is 0.462. The van der Waals surface area contributed by atoms with Crippen LogP contribution in [0.5, 0.6) is 0 Å². The molecule has 2 aliphatic heterocycles. The van der Waals surface area contributed by atoms with Gasteiger partial charge in [-0.2, -0.15) is 0 Å². The fraction of sp³-hybridized carbons (Fsp3) is 0.900. The molecule has 0 atom stereocenters. The summed E-state index contributed by atoms with van der Waals surface area (Å²) < 4.78 is 2.47. The molecule has 0 bridgehead atoms. The largest absolute Gasteiger partial charge is 0.348 e. The Labute approximate surface area is 80.4 Å². The van der Waals surface area contributed by atoms with Gasteiger partial charge in [0.05, 0.1) is 31.7 Å². The molecular weight excluding hydrogens is 162 g/mol. The molecule has 0 unspecified atom stereocenters. The lowest BCUT2D eigenvalue weighted by Crippen LogP contribution is -2.55. The van der Waals surface area contributed by atoms with Gasteiger partial charge in [-0.15, -0.1) is 0 Å². The minimum absolute atomic E-state index is 0.255. The lowest BCUT2D eigenvalue weighted by Gasteiger charge is -2.34. The molecule has 0 aromatic carbocycles. The molecule has 3 nitrogen and oxygen atoms in total. The molecular formula is C10H20N3+. The van der Waals surface area contributed by atoms with Crippen molar-refractivity contribution in [3.8, 4) is 0 Å². The zero-order chi connectivity index (χ0) is 9.47.